The molecule has 2 heteroatoms. The zero-order chi connectivity index (χ0) is 10.2. The van der Waals surface area contributed by atoms with Crippen molar-refractivity contribution in [1.82, 2.24) is 0 Å². The molecule has 0 amide bonds. The normalized spacial score (nSPS) is 11.0. The molecular weight excluding hydrogens is 212 g/mol. The van der Waals surface area contributed by atoms with Crippen LogP contribution in [0.1, 0.15) is 25.3 Å². The third-order valence-corrected chi connectivity index (χ3v) is 2.91. The maximum atomic E-state index is 5.87. The van der Waals surface area contributed by atoms with Gasteiger partial charge in [-0.1, -0.05) is 37.1 Å². The van der Waals surface area contributed by atoms with Crippen molar-refractivity contribution in [2.45, 2.75) is 19.8 Å². The van der Waals surface area contributed by atoms with E-state index in [-0.39, 0.29) is 0 Å². The smallest absolute Gasteiger partial charge is 0.0411 e. The first-order valence-electron chi connectivity index (χ1n) is 4.86. The zero-order valence-corrected chi connectivity index (χ0v) is 9.94. The van der Waals surface area contributed by atoms with E-state index in [9.17, 15) is 0 Å². The van der Waals surface area contributed by atoms with Crippen molar-refractivity contribution in [3.8, 4) is 0 Å². The van der Waals surface area contributed by atoms with Crippen LogP contribution in [0.25, 0.3) is 6.08 Å². The number of thioether (sulfide) groups is 1. The highest BCUT2D eigenvalue weighted by Gasteiger charge is 1.88. The second kappa shape index (κ2) is 6.97. The Morgan fingerprint density at radius 2 is 2.29 bits per heavy atom. The van der Waals surface area contributed by atoms with E-state index in [1.807, 2.05) is 30.0 Å². The summed E-state index contributed by atoms with van der Waals surface area (Å²) in [4.78, 5) is 0. The molecule has 0 saturated carbocycles. The van der Waals surface area contributed by atoms with E-state index in [2.05, 4.69) is 24.5 Å². The van der Waals surface area contributed by atoms with Crippen molar-refractivity contribution >= 4 is 29.4 Å². The number of halogens is 1. The lowest BCUT2D eigenvalue weighted by molar-refractivity contribution is 0.898. The first-order chi connectivity index (χ1) is 6.83. The Balaban J connectivity index is 2.36. The molecule has 0 spiro atoms. The molecule has 14 heavy (non-hydrogen) atoms. The van der Waals surface area contributed by atoms with Crippen molar-refractivity contribution in [3.05, 3.63) is 40.3 Å². The molecule has 0 N–H and O–H groups in total. The molecule has 0 atom stereocenters. The van der Waals surface area contributed by atoms with E-state index >= 15 is 0 Å². The van der Waals surface area contributed by atoms with Gasteiger partial charge in [-0.15, -0.1) is 11.8 Å². The fourth-order valence-corrected chi connectivity index (χ4v) is 2.08. The van der Waals surface area contributed by atoms with Gasteiger partial charge in [0.15, 0.2) is 0 Å². The number of unbranched alkanes of at least 4 members (excludes halogenated alkanes) is 1. The van der Waals surface area contributed by atoms with Gasteiger partial charge >= 0.3 is 0 Å². The molecule has 0 bridgehead atoms. The summed E-state index contributed by atoms with van der Waals surface area (Å²) in [6, 6.07) is 7.89. The summed E-state index contributed by atoms with van der Waals surface area (Å²) >= 11 is 7.72. The Bertz CT molecular complexity index is 294. The average Bonchev–Trinajstić information content (AvgIpc) is 2.18. The van der Waals surface area contributed by atoms with Gasteiger partial charge in [-0.25, -0.2) is 0 Å². The standard InChI is InChI=1S/C12H15ClS/c1-2-3-8-14-9-7-11-5-4-6-12(13)10-11/h4-7,9-10H,2-3,8H2,1H3/b9-7+. The van der Waals surface area contributed by atoms with Crippen LogP contribution in [0, 0.1) is 0 Å². The van der Waals surface area contributed by atoms with Crippen LogP contribution in [0.3, 0.4) is 0 Å². The fraction of sp³-hybridized carbons (Fsp3) is 0.333. The zero-order valence-electron chi connectivity index (χ0n) is 8.37. The quantitative estimate of drug-likeness (QED) is 0.648. The minimum absolute atomic E-state index is 0.797. The molecule has 1 aromatic rings. The molecular formula is C12H15ClS. The fourth-order valence-electron chi connectivity index (χ4n) is 1.03. The molecule has 0 radical (unpaired) electrons. The minimum Gasteiger partial charge on any atom is -0.134 e. The van der Waals surface area contributed by atoms with E-state index in [0.717, 1.165) is 5.02 Å². The van der Waals surface area contributed by atoms with Crippen molar-refractivity contribution < 1.29 is 0 Å². The molecule has 0 saturated heterocycles. The van der Waals surface area contributed by atoms with Gasteiger partial charge in [-0.2, -0.15) is 0 Å². The van der Waals surface area contributed by atoms with Crippen LogP contribution < -0.4 is 0 Å². The summed E-state index contributed by atoms with van der Waals surface area (Å²) in [5, 5.41) is 2.94. The van der Waals surface area contributed by atoms with E-state index < -0.39 is 0 Å². The Kier molecular flexibility index (Phi) is 5.81. The van der Waals surface area contributed by atoms with Gasteiger partial charge in [0, 0.05) is 5.02 Å². The first kappa shape index (κ1) is 11.7. The molecule has 1 aromatic carbocycles. The Morgan fingerprint density at radius 3 is 3.00 bits per heavy atom. The van der Waals surface area contributed by atoms with Crippen LogP contribution in [0.15, 0.2) is 29.7 Å². The highest BCUT2D eigenvalue weighted by atomic mass is 35.5. The van der Waals surface area contributed by atoms with Gasteiger partial charge < -0.3 is 0 Å². The number of hydrogen-bond acceptors (Lipinski definition) is 1. The molecule has 0 fully saturated rings. The van der Waals surface area contributed by atoms with Gasteiger partial charge in [0.2, 0.25) is 0 Å². The molecule has 0 heterocycles. The third-order valence-electron chi connectivity index (χ3n) is 1.82. The SMILES string of the molecule is CCCCS/C=C/c1cccc(Cl)c1. The van der Waals surface area contributed by atoms with Crippen molar-refractivity contribution in [1.29, 1.82) is 0 Å². The summed E-state index contributed by atoms with van der Waals surface area (Å²) in [5.41, 5.74) is 1.17. The van der Waals surface area contributed by atoms with Crippen LogP contribution in [-0.2, 0) is 0 Å². The topological polar surface area (TPSA) is 0 Å². The number of hydrogen-bond donors (Lipinski definition) is 0. The Hall–Kier alpha value is -0.400. The second-order valence-electron chi connectivity index (χ2n) is 3.08. The van der Waals surface area contributed by atoms with E-state index in [4.69, 9.17) is 11.6 Å². The summed E-state index contributed by atoms with van der Waals surface area (Å²) in [6.07, 6.45) is 4.65. The summed E-state index contributed by atoms with van der Waals surface area (Å²) in [5.74, 6) is 1.20. The van der Waals surface area contributed by atoms with Crippen molar-refractivity contribution in [2.24, 2.45) is 0 Å². The molecule has 0 nitrogen and oxygen atoms in total. The van der Waals surface area contributed by atoms with Crippen LogP contribution in [0.2, 0.25) is 5.02 Å². The Labute approximate surface area is 95.4 Å². The van der Waals surface area contributed by atoms with Gasteiger partial charge in [0.1, 0.15) is 0 Å². The van der Waals surface area contributed by atoms with Crippen LogP contribution in [-0.4, -0.2) is 5.75 Å². The van der Waals surface area contributed by atoms with Gasteiger partial charge in [-0.3, -0.25) is 0 Å². The lowest BCUT2D eigenvalue weighted by atomic mass is 10.2. The largest absolute Gasteiger partial charge is 0.134 e. The maximum absolute atomic E-state index is 5.87. The second-order valence-corrected chi connectivity index (χ2v) is 4.53. The highest BCUT2D eigenvalue weighted by Crippen LogP contribution is 2.14. The summed E-state index contributed by atoms with van der Waals surface area (Å²) in [6.45, 7) is 2.21. The average molecular weight is 227 g/mol. The van der Waals surface area contributed by atoms with Gasteiger partial charge in [-0.05, 0) is 41.4 Å². The lowest BCUT2D eigenvalue weighted by Crippen LogP contribution is -1.73. The molecule has 1 rings (SSSR count). The van der Waals surface area contributed by atoms with Crippen LogP contribution in [0.5, 0.6) is 0 Å². The lowest BCUT2D eigenvalue weighted by Gasteiger charge is -1.94. The summed E-state index contributed by atoms with van der Waals surface area (Å²) in [7, 11) is 0. The maximum Gasteiger partial charge on any atom is 0.0411 e. The van der Waals surface area contributed by atoms with E-state index in [0.29, 0.717) is 0 Å². The third kappa shape index (κ3) is 4.73. The summed E-state index contributed by atoms with van der Waals surface area (Å²) < 4.78 is 0. The monoisotopic (exact) mass is 226 g/mol. The van der Waals surface area contributed by atoms with E-state index in [1.54, 1.807) is 0 Å². The van der Waals surface area contributed by atoms with Crippen LogP contribution >= 0.6 is 23.4 Å². The van der Waals surface area contributed by atoms with Crippen LogP contribution in [0.4, 0.5) is 0 Å². The highest BCUT2D eigenvalue weighted by molar-refractivity contribution is 8.02. The number of rotatable bonds is 5. The predicted octanol–water partition coefficient (Wildman–Crippen LogP) is 4.84. The molecule has 0 unspecified atom stereocenters. The molecule has 0 aliphatic rings. The Morgan fingerprint density at radius 1 is 1.43 bits per heavy atom. The van der Waals surface area contributed by atoms with E-state index in [1.165, 1.54) is 24.2 Å². The van der Waals surface area contributed by atoms with Crippen molar-refractivity contribution in [2.75, 3.05) is 5.75 Å². The molecule has 0 aliphatic heterocycles. The first-order valence-corrected chi connectivity index (χ1v) is 6.29. The molecule has 0 aliphatic carbocycles. The minimum atomic E-state index is 0.797. The van der Waals surface area contributed by atoms with Crippen molar-refractivity contribution in [3.63, 3.8) is 0 Å². The predicted molar refractivity (Wildman–Crippen MR) is 67.9 cm³/mol. The molecule has 0 aromatic heterocycles. The number of benzene rings is 1. The van der Waals surface area contributed by atoms with Gasteiger partial charge in [0.05, 0.1) is 0 Å². The molecule has 76 valence electrons. The van der Waals surface area contributed by atoms with Gasteiger partial charge in [0.25, 0.3) is 0 Å².